The fraction of sp³-hybridized carbons (Fsp3) is 0.214. The van der Waals surface area contributed by atoms with Crippen LogP contribution in [0.3, 0.4) is 0 Å². The number of aromatic nitrogens is 2. The summed E-state index contributed by atoms with van der Waals surface area (Å²) in [6.07, 6.45) is 2.85. The molecular formula is C14H15N3O3. The van der Waals surface area contributed by atoms with Crippen LogP contribution in [0.5, 0.6) is 0 Å². The van der Waals surface area contributed by atoms with E-state index < -0.39 is 17.9 Å². The van der Waals surface area contributed by atoms with E-state index in [2.05, 4.69) is 20.0 Å². The molecule has 0 aliphatic carbocycles. The molecule has 1 atom stereocenters. The van der Waals surface area contributed by atoms with Gasteiger partial charge in [0.25, 0.3) is 5.91 Å². The smallest absolute Gasteiger partial charge is 0.328 e. The Hall–Kier alpha value is -2.63. The molecule has 20 heavy (non-hydrogen) atoms. The molecule has 6 heteroatoms. The Morgan fingerprint density at radius 2 is 2.20 bits per heavy atom. The predicted molar refractivity (Wildman–Crippen MR) is 72.0 cm³/mol. The van der Waals surface area contributed by atoms with Gasteiger partial charge in [0.05, 0.1) is 14.8 Å². The molecule has 1 heterocycles. The number of nitrogens with zero attached hydrogens (tertiary/aromatic N) is 1. The monoisotopic (exact) mass is 274 g/mol. The Labute approximate surface area is 117 Å². The molecule has 1 amide bonds. The average molecular weight is 274 g/mol. The number of aromatic amines is 1. The van der Waals surface area contributed by atoms with Crippen LogP contribution in [-0.2, 0) is 16.0 Å². The predicted octanol–water partition coefficient (Wildman–Crippen LogP) is 0.924. The van der Waals surface area contributed by atoms with E-state index in [0.29, 0.717) is 11.3 Å². The Kier molecular flexibility index (Phi) is 4.04. The van der Waals surface area contributed by atoms with Gasteiger partial charge in [-0.1, -0.05) is 18.2 Å². The van der Waals surface area contributed by atoms with Gasteiger partial charge in [0.2, 0.25) is 0 Å². The number of rotatable bonds is 5. The number of ether oxygens (including phenoxy) is 1. The number of H-pyrrole nitrogens is 1. The Morgan fingerprint density at radius 3 is 2.80 bits per heavy atom. The normalized spacial score (nSPS) is 13.9. The summed E-state index contributed by atoms with van der Waals surface area (Å²) in [6, 6.07) is 6.46. The summed E-state index contributed by atoms with van der Waals surface area (Å²) in [5, 5.41) is 2.40. The van der Waals surface area contributed by atoms with Crippen LogP contribution in [0.4, 0.5) is 0 Å². The summed E-state index contributed by atoms with van der Waals surface area (Å²) < 4.78 is 12.9. The molecule has 0 bridgehead atoms. The van der Waals surface area contributed by atoms with Crippen molar-refractivity contribution in [3.63, 3.8) is 0 Å². The molecule has 2 N–H and O–H groups in total. The first-order valence-corrected chi connectivity index (χ1v) is 5.98. The zero-order chi connectivity index (χ0) is 15.3. The van der Waals surface area contributed by atoms with Gasteiger partial charge in [0.1, 0.15) is 6.02 Å². The summed E-state index contributed by atoms with van der Waals surface area (Å²) in [6.45, 7) is 0. The third-order valence-electron chi connectivity index (χ3n) is 2.65. The molecule has 0 radical (unpaired) electrons. The number of benzene rings is 1. The van der Waals surface area contributed by atoms with Crippen LogP contribution < -0.4 is 5.32 Å². The summed E-state index contributed by atoms with van der Waals surface area (Å²) >= 11 is 0. The number of carbonyl (C=O) groups is 2. The molecule has 0 aliphatic heterocycles. The average Bonchev–Trinajstić information content (AvgIpc) is 2.99. The Morgan fingerprint density at radius 1 is 1.45 bits per heavy atom. The molecule has 2 aromatic rings. The molecule has 0 saturated carbocycles. The highest BCUT2D eigenvalue weighted by Gasteiger charge is 2.22. The number of carbonyl (C=O) groups excluding carboxylic acids is 2. The first kappa shape index (κ1) is 12.4. The molecule has 0 fully saturated rings. The van der Waals surface area contributed by atoms with Gasteiger partial charge in [-0.2, -0.15) is 0 Å². The molecule has 0 aliphatic rings. The standard InChI is InChI=1S/C14H15N3O3/c1-20-14(19)12(7-11-8-15-9-16-11)17-13(18)10-5-3-2-4-6-10/h2-6,8-9,12H,7H2,1H3,(H,15,16)(H,17,18)/t12-/m1/s1/i12D. The van der Waals surface area contributed by atoms with Gasteiger partial charge in [-0.15, -0.1) is 0 Å². The van der Waals surface area contributed by atoms with E-state index in [1.54, 1.807) is 30.3 Å². The van der Waals surface area contributed by atoms with Crippen molar-refractivity contribution in [3.05, 3.63) is 54.1 Å². The number of nitrogens with one attached hydrogen (secondary N) is 2. The van der Waals surface area contributed by atoms with E-state index in [9.17, 15) is 9.59 Å². The summed E-state index contributed by atoms with van der Waals surface area (Å²) in [5.41, 5.74) is 0.909. The van der Waals surface area contributed by atoms with Crippen LogP contribution in [0, 0.1) is 0 Å². The third kappa shape index (κ3) is 3.44. The quantitative estimate of drug-likeness (QED) is 0.794. The van der Waals surface area contributed by atoms with E-state index in [1.807, 2.05) is 0 Å². The maximum absolute atomic E-state index is 12.1. The topological polar surface area (TPSA) is 84.1 Å². The van der Waals surface area contributed by atoms with Gasteiger partial charge in [-0.25, -0.2) is 9.78 Å². The number of methoxy groups -OCH3 is 1. The van der Waals surface area contributed by atoms with Gasteiger partial charge in [-0.3, -0.25) is 4.79 Å². The maximum Gasteiger partial charge on any atom is 0.328 e. The summed E-state index contributed by atoms with van der Waals surface area (Å²) in [5.74, 6) is -1.36. The van der Waals surface area contributed by atoms with E-state index in [4.69, 9.17) is 1.37 Å². The molecular weight excluding hydrogens is 258 g/mol. The SMILES string of the molecule is [2H][C@](Cc1cnc[nH]1)(NC(=O)c1ccccc1)C(=O)OC. The van der Waals surface area contributed by atoms with E-state index >= 15 is 0 Å². The van der Waals surface area contributed by atoms with Gasteiger partial charge in [0, 0.05) is 23.9 Å². The number of imidazole rings is 1. The first-order valence-electron chi connectivity index (χ1n) is 6.48. The minimum Gasteiger partial charge on any atom is -0.467 e. The molecule has 1 aromatic carbocycles. The fourth-order valence-electron chi connectivity index (χ4n) is 1.66. The molecule has 6 nitrogen and oxygen atoms in total. The zero-order valence-corrected chi connectivity index (χ0v) is 10.9. The van der Waals surface area contributed by atoms with Crippen LogP contribution in [0.1, 0.15) is 17.4 Å². The molecule has 0 spiro atoms. The van der Waals surface area contributed by atoms with Gasteiger partial charge in [-0.05, 0) is 12.1 Å². The fourth-order valence-corrected chi connectivity index (χ4v) is 1.66. The molecule has 0 saturated heterocycles. The highest BCUT2D eigenvalue weighted by atomic mass is 16.5. The Balaban J connectivity index is 2.20. The molecule has 2 rings (SSSR count). The second-order valence-corrected chi connectivity index (χ2v) is 4.04. The lowest BCUT2D eigenvalue weighted by atomic mass is 10.1. The van der Waals surface area contributed by atoms with Gasteiger partial charge >= 0.3 is 5.97 Å². The number of hydrogen-bond acceptors (Lipinski definition) is 4. The van der Waals surface area contributed by atoms with Crippen LogP contribution in [-0.4, -0.2) is 35.0 Å². The lowest BCUT2D eigenvalue weighted by Crippen LogP contribution is -2.43. The highest BCUT2D eigenvalue weighted by molar-refractivity contribution is 5.96. The van der Waals surface area contributed by atoms with Crippen molar-refractivity contribution in [2.24, 2.45) is 0 Å². The molecule has 104 valence electrons. The van der Waals surface area contributed by atoms with Crippen LogP contribution in [0.25, 0.3) is 0 Å². The van der Waals surface area contributed by atoms with Crippen molar-refractivity contribution in [1.29, 1.82) is 0 Å². The van der Waals surface area contributed by atoms with Crippen molar-refractivity contribution >= 4 is 11.9 Å². The van der Waals surface area contributed by atoms with E-state index in [-0.39, 0.29) is 6.42 Å². The van der Waals surface area contributed by atoms with Gasteiger partial charge < -0.3 is 15.0 Å². The Bertz CT molecular complexity index is 616. The number of amides is 1. The maximum atomic E-state index is 12.1. The van der Waals surface area contributed by atoms with Crippen molar-refractivity contribution in [2.45, 2.75) is 12.4 Å². The van der Waals surface area contributed by atoms with Crippen molar-refractivity contribution in [2.75, 3.05) is 7.11 Å². The van der Waals surface area contributed by atoms with Crippen LogP contribution in [0.2, 0.25) is 0 Å². The van der Waals surface area contributed by atoms with E-state index in [1.165, 1.54) is 19.6 Å². The van der Waals surface area contributed by atoms with Crippen LogP contribution >= 0.6 is 0 Å². The minimum atomic E-state index is -1.92. The van der Waals surface area contributed by atoms with Crippen LogP contribution in [0.15, 0.2) is 42.9 Å². The summed E-state index contributed by atoms with van der Waals surface area (Å²) in [4.78, 5) is 30.6. The lowest BCUT2D eigenvalue weighted by molar-refractivity contribution is -0.142. The number of esters is 1. The largest absolute Gasteiger partial charge is 0.467 e. The molecule has 1 aromatic heterocycles. The van der Waals surface area contributed by atoms with Crippen molar-refractivity contribution in [1.82, 2.24) is 15.3 Å². The van der Waals surface area contributed by atoms with Crippen molar-refractivity contribution < 1.29 is 15.7 Å². The number of hydrogen-bond donors (Lipinski definition) is 2. The molecule has 0 unspecified atom stereocenters. The highest BCUT2D eigenvalue weighted by Crippen LogP contribution is 2.04. The van der Waals surface area contributed by atoms with Crippen molar-refractivity contribution in [3.8, 4) is 0 Å². The van der Waals surface area contributed by atoms with Gasteiger partial charge in [0.15, 0.2) is 0 Å². The minimum absolute atomic E-state index is 0.0712. The lowest BCUT2D eigenvalue weighted by Gasteiger charge is -2.15. The zero-order valence-electron chi connectivity index (χ0n) is 11.9. The second kappa shape index (κ2) is 6.51. The first-order chi connectivity index (χ1) is 10.0. The van der Waals surface area contributed by atoms with E-state index in [0.717, 1.165) is 0 Å². The third-order valence-corrected chi connectivity index (χ3v) is 2.65. The second-order valence-electron chi connectivity index (χ2n) is 4.04. The summed E-state index contributed by atoms with van der Waals surface area (Å²) in [7, 11) is 1.17.